The lowest BCUT2D eigenvalue weighted by atomic mass is 10.1. The maximum absolute atomic E-state index is 11.6. The summed E-state index contributed by atoms with van der Waals surface area (Å²) in [4.78, 5) is 11.6. The van der Waals surface area contributed by atoms with Crippen molar-refractivity contribution in [3.8, 4) is 0 Å². The Balaban J connectivity index is 1.62. The molecule has 0 saturated carbocycles. The Morgan fingerprint density at radius 1 is 1.59 bits per heavy atom. The molecule has 0 aliphatic carbocycles. The predicted molar refractivity (Wildman–Crippen MR) is 64.9 cm³/mol. The lowest BCUT2D eigenvalue weighted by Gasteiger charge is -2.07. The number of aryl methyl sites for hydroxylation is 1. The fraction of sp³-hybridized carbons (Fsp3) is 0.727. The van der Waals surface area contributed by atoms with Crippen molar-refractivity contribution in [3.63, 3.8) is 0 Å². The van der Waals surface area contributed by atoms with E-state index in [-0.39, 0.29) is 5.91 Å². The molecule has 2 rings (SSSR count). The van der Waals surface area contributed by atoms with Crippen LogP contribution in [0.2, 0.25) is 0 Å². The number of aromatic nitrogens is 2. The summed E-state index contributed by atoms with van der Waals surface area (Å²) in [7, 11) is 0. The third-order valence-electron chi connectivity index (χ3n) is 2.73. The number of hydrogen-bond donors (Lipinski definition) is 1. The summed E-state index contributed by atoms with van der Waals surface area (Å²) in [6.45, 7) is 4.09. The SMILES string of the molecule is Cc1nnc(CCNC(=O)C[C@H]2CCOC2)s1. The fourth-order valence-corrected chi connectivity index (χ4v) is 2.53. The summed E-state index contributed by atoms with van der Waals surface area (Å²) >= 11 is 1.58. The quantitative estimate of drug-likeness (QED) is 0.850. The van der Waals surface area contributed by atoms with Crippen LogP contribution in [-0.2, 0) is 16.0 Å². The smallest absolute Gasteiger partial charge is 0.220 e. The Hall–Kier alpha value is -1.01. The van der Waals surface area contributed by atoms with Crippen LogP contribution >= 0.6 is 11.3 Å². The van der Waals surface area contributed by atoms with Crippen LogP contribution in [0, 0.1) is 12.8 Å². The number of amides is 1. The van der Waals surface area contributed by atoms with Gasteiger partial charge in [0.2, 0.25) is 5.91 Å². The van der Waals surface area contributed by atoms with Gasteiger partial charge in [-0.1, -0.05) is 0 Å². The van der Waals surface area contributed by atoms with Crippen molar-refractivity contribution in [1.82, 2.24) is 15.5 Å². The van der Waals surface area contributed by atoms with Crippen molar-refractivity contribution in [1.29, 1.82) is 0 Å². The van der Waals surface area contributed by atoms with Crippen LogP contribution in [-0.4, -0.2) is 35.9 Å². The number of rotatable bonds is 5. The van der Waals surface area contributed by atoms with Crippen LogP contribution in [0.4, 0.5) is 0 Å². The molecule has 5 nitrogen and oxygen atoms in total. The number of carbonyl (C=O) groups is 1. The fourth-order valence-electron chi connectivity index (χ4n) is 1.83. The maximum Gasteiger partial charge on any atom is 0.220 e. The lowest BCUT2D eigenvalue weighted by Crippen LogP contribution is -2.27. The normalized spacial score (nSPS) is 19.5. The number of nitrogens with zero attached hydrogens (tertiary/aromatic N) is 2. The first-order valence-corrected chi connectivity index (χ1v) is 6.69. The van der Waals surface area contributed by atoms with Gasteiger partial charge in [0.1, 0.15) is 10.0 Å². The summed E-state index contributed by atoms with van der Waals surface area (Å²) in [5.41, 5.74) is 0. The minimum Gasteiger partial charge on any atom is -0.381 e. The van der Waals surface area contributed by atoms with Crippen LogP contribution in [0.1, 0.15) is 22.9 Å². The largest absolute Gasteiger partial charge is 0.381 e. The molecule has 1 aromatic heterocycles. The van der Waals surface area contributed by atoms with Crippen molar-refractivity contribution in [3.05, 3.63) is 10.0 Å². The van der Waals surface area contributed by atoms with Crippen LogP contribution in [0.15, 0.2) is 0 Å². The van der Waals surface area contributed by atoms with E-state index in [0.29, 0.717) is 18.9 Å². The average Bonchev–Trinajstić information content (AvgIpc) is 2.90. The average molecular weight is 255 g/mol. The highest BCUT2D eigenvalue weighted by atomic mass is 32.1. The third kappa shape index (κ3) is 4.05. The maximum atomic E-state index is 11.6. The van der Waals surface area contributed by atoms with Gasteiger partial charge >= 0.3 is 0 Å². The van der Waals surface area contributed by atoms with Gasteiger partial charge in [-0.3, -0.25) is 4.79 Å². The summed E-state index contributed by atoms with van der Waals surface area (Å²) in [5, 5.41) is 12.8. The van der Waals surface area contributed by atoms with Gasteiger partial charge in [-0.25, -0.2) is 0 Å². The summed E-state index contributed by atoms with van der Waals surface area (Å²) in [5.74, 6) is 0.514. The van der Waals surface area contributed by atoms with Gasteiger partial charge in [0.15, 0.2) is 0 Å². The second-order valence-electron chi connectivity index (χ2n) is 4.25. The predicted octanol–water partition coefficient (Wildman–Crippen LogP) is 0.932. The monoisotopic (exact) mass is 255 g/mol. The van der Waals surface area contributed by atoms with Crippen LogP contribution in [0.25, 0.3) is 0 Å². The van der Waals surface area contributed by atoms with Crippen molar-refractivity contribution in [2.75, 3.05) is 19.8 Å². The molecule has 1 amide bonds. The zero-order valence-electron chi connectivity index (χ0n) is 9.94. The Kier molecular flexibility index (Phi) is 4.44. The van der Waals surface area contributed by atoms with E-state index in [9.17, 15) is 4.79 Å². The Morgan fingerprint density at radius 2 is 2.47 bits per heavy atom. The van der Waals surface area contributed by atoms with Gasteiger partial charge in [0, 0.05) is 32.6 Å². The molecule has 17 heavy (non-hydrogen) atoms. The van der Waals surface area contributed by atoms with Crippen molar-refractivity contribution in [2.24, 2.45) is 5.92 Å². The number of ether oxygens (including phenoxy) is 1. The van der Waals surface area contributed by atoms with E-state index in [1.165, 1.54) is 0 Å². The zero-order chi connectivity index (χ0) is 12.1. The summed E-state index contributed by atoms with van der Waals surface area (Å²) in [6.07, 6.45) is 2.34. The van der Waals surface area contributed by atoms with Crippen molar-refractivity contribution < 1.29 is 9.53 Å². The van der Waals surface area contributed by atoms with Gasteiger partial charge in [-0.2, -0.15) is 0 Å². The number of nitrogens with one attached hydrogen (secondary N) is 1. The van der Waals surface area contributed by atoms with E-state index < -0.39 is 0 Å². The lowest BCUT2D eigenvalue weighted by molar-refractivity contribution is -0.122. The molecule has 94 valence electrons. The molecule has 1 aliphatic rings. The third-order valence-corrected chi connectivity index (χ3v) is 3.63. The van der Waals surface area contributed by atoms with E-state index in [1.807, 2.05) is 6.92 Å². The molecule has 0 spiro atoms. The molecule has 1 aromatic rings. The topological polar surface area (TPSA) is 64.1 Å². The second-order valence-corrected chi connectivity index (χ2v) is 5.51. The van der Waals surface area contributed by atoms with Crippen molar-refractivity contribution in [2.45, 2.75) is 26.2 Å². The Morgan fingerprint density at radius 3 is 3.12 bits per heavy atom. The van der Waals surface area contributed by atoms with Gasteiger partial charge in [-0.15, -0.1) is 21.5 Å². The van der Waals surface area contributed by atoms with Crippen LogP contribution in [0.3, 0.4) is 0 Å². The molecule has 1 aliphatic heterocycles. The first kappa shape index (κ1) is 12.4. The molecular formula is C11H17N3O2S. The highest BCUT2D eigenvalue weighted by Gasteiger charge is 2.18. The number of carbonyl (C=O) groups excluding carboxylic acids is 1. The van der Waals surface area contributed by atoms with E-state index in [4.69, 9.17) is 4.74 Å². The van der Waals surface area contributed by atoms with E-state index in [0.717, 1.165) is 36.1 Å². The second kappa shape index (κ2) is 6.07. The molecule has 0 unspecified atom stereocenters. The van der Waals surface area contributed by atoms with Gasteiger partial charge in [0.25, 0.3) is 0 Å². The molecule has 1 atom stereocenters. The summed E-state index contributed by atoms with van der Waals surface area (Å²) < 4.78 is 5.24. The van der Waals surface area contributed by atoms with Crippen LogP contribution in [0.5, 0.6) is 0 Å². The van der Waals surface area contributed by atoms with Crippen molar-refractivity contribution >= 4 is 17.2 Å². The van der Waals surface area contributed by atoms with Gasteiger partial charge in [0.05, 0.1) is 0 Å². The van der Waals surface area contributed by atoms with E-state index in [2.05, 4.69) is 15.5 Å². The molecule has 0 radical (unpaired) electrons. The van der Waals surface area contributed by atoms with E-state index in [1.54, 1.807) is 11.3 Å². The molecule has 0 bridgehead atoms. The number of hydrogen-bond acceptors (Lipinski definition) is 5. The first-order chi connectivity index (χ1) is 8.24. The van der Waals surface area contributed by atoms with Gasteiger partial charge < -0.3 is 10.1 Å². The minimum atomic E-state index is 0.113. The summed E-state index contributed by atoms with van der Waals surface area (Å²) in [6, 6.07) is 0. The van der Waals surface area contributed by atoms with Crippen LogP contribution < -0.4 is 5.32 Å². The molecule has 1 fully saturated rings. The molecule has 1 saturated heterocycles. The minimum absolute atomic E-state index is 0.113. The molecule has 0 aromatic carbocycles. The molecule has 6 heteroatoms. The first-order valence-electron chi connectivity index (χ1n) is 5.87. The Bertz CT molecular complexity index is 375. The molecular weight excluding hydrogens is 238 g/mol. The zero-order valence-corrected chi connectivity index (χ0v) is 10.8. The molecule has 2 heterocycles. The van der Waals surface area contributed by atoms with Gasteiger partial charge in [-0.05, 0) is 19.3 Å². The van der Waals surface area contributed by atoms with E-state index >= 15 is 0 Å². The highest BCUT2D eigenvalue weighted by Crippen LogP contribution is 2.15. The Labute approximate surface area is 105 Å². The highest BCUT2D eigenvalue weighted by molar-refractivity contribution is 7.11. The molecule has 1 N–H and O–H groups in total. The standard InChI is InChI=1S/C11H17N3O2S/c1-8-13-14-11(17-8)2-4-12-10(15)6-9-3-5-16-7-9/h9H,2-7H2,1H3,(H,12,15)/t9-/m1/s1.